The van der Waals surface area contributed by atoms with Gasteiger partial charge in [0, 0.05) is 54.7 Å². The standard InChI is InChI=1S/C57H37N5O/c1-5-18-36(19-6-1)40-32-35-46(57-59-55(37-20-7-2-8-21-37)58-56(60-57)38-22-9-3-10-23-38)50-45-28-17-31-49(53(45)63-54(40)50)62-48-30-16-14-27-42(48)44-34-33-43-41-26-13-15-29-47(41)61(51(43)52(44)62)39-24-11-4-12-25-39/h1-35,55H,(H,58,59,60). The molecule has 63 heavy (non-hydrogen) atoms. The second kappa shape index (κ2) is 14.0. The molecule has 1 aliphatic rings. The maximum Gasteiger partial charge on any atom is 0.160 e. The summed E-state index contributed by atoms with van der Waals surface area (Å²) in [6.07, 6.45) is -0.345. The molecule has 0 amide bonds. The second-order valence-corrected chi connectivity index (χ2v) is 16.1. The molecule has 1 unspecified atom stereocenters. The highest BCUT2D eigenvalue weighted by Gasteiger charge is 2.27. The number of benzene rings is 9. The highest BCUT2D eigenvalue weighted by atomic mass is 16.3. The summed E-state index contributed by atoms with van der Waals surface area (Å²) in [5.74, 6) is 1.41. The lowest BCUT2D eigenvalue weighted by molar-refractivity contribution is 0.667. The Bertz CT molecular complexity index is 3800. The van der Waals surface area contributed by atoms with Gasteiger partial charge in [-0.1, -0.05) is 170 Å². The maximum absolute atomic E-state index is 7.38. The molecule has 3 aromatic heterocycles. The maximum atomic E-state index is 7.38. The van der Waals surface area contributed by atoms with Gasteiger partial charge < -0.3 is 18.9 Å². The molecule has 296 valence electrons. The predicted molar refractivity (Wildman–Crippen MR) is 260 cm³/mol. The van der Waals surface area contributed by atoms with Crippen LogP contribution in [-0.2, 0) is 0 Å². The lowest BCUT2D eigenvalue weighted by Gasteiger charge is -2.24. The zero-order valence-electron chi connectivity index (χ0n) is 34.0. The molecule has 1 N–H and O–H groups in total. The average Bonchev–Trinajstić information content (AvgIpc) is 4.03. The van der Waals surface area contributed by atoms with Crippen LogP contribution < -0.4 is 5.32 Å². The average molecular weight is 808 g/mol. The van der Waals surface area contributed by atoms with Crippen LogP contribution in [0.25, 0.3) is 88.1 Å². The van der Waals surface area contributed by atoms with Crippen molar-refractivity contribution in [3.05, 3.63) is 229 Å². The molecule has 1 atom stereocenters. The first-order valence-corrected chi connectivity index (χ1v) is 21.4. The normalized spacial score (nSPS) is 14.2. The van der Waals surface area contributed by atoms with Crippen LogP contribution in [0.1, 0.15) is 22.9 Å². The summed E-state index contributed by atoms with van der Waals surface area (Å²) in [6, 6.07) is 74.8. The van der Waals surface area contributed by atoms with Crippen LogP contribution in [0.3, 0.4) is 0 Å². The third kappa shape index (κ3) is 5.45. The molecule has 0 fully saturated rings. The minimum absolute atomic E-state index is 0.345. The van der Waals surface area contributed by atoms with Crippen molar-refractivity contribution in [1.82, 2.24) is 14.5 Å². The van der Waals surface area contributed by atoms with Crippen molar-refractivity contribution in [2.24, 2.45) is 9.98 Å². The third-order valence-corrected chi connectivity index (χ3v) is 12.6. The quantitative estimate of drug-likeness (QED) is 0.182. The summed E-state index contributed by atoms with van der Waals surface area (Å²) in [6.45, 7) is 0. The van der Waals surface area contributed by atoms with E-state index in [2.05, 4.69) is 203 Å². The topological polar surface area (TPSA) is 59.8 Å². The van der Waals surface area contributed by atoms with E-state index in [1.807, 2.05) is 24.3 Å². The molecular weight excluding hydrogens is 771 g/mol. The summed E-state index contributed by atoms with van der Waals surface area (Å²) in [7, 11) is 0. The largest absolute Gasteiger partial charge is 0.453 e. The molecule has 13 rings (SSSR count). The Morgan fingerprint density at radius 2 is 0.984 bits per heavy atom. The first-order valence-electron chi connectivity index (χ1n) is 21.4. The predicted octanol–water partition coefficient (Wildman–Crippen LogP) is 13.9. The molecule has 9 aromatic carbocycles. The molecular formula is C57H37N5O. The van der Waals surface area contributed by atoms with Crippen molar-refractivity contribution in [1.29, 1.82) is 0 Å². The van der Waals surface area contributed by atoms with Gasteiger partial charge in [0.15, 0.2) is 11.4 Å². The molecule has 6 nitrogen and oxygen atoms in total. The van der Waals surface area contributed by atoms with Crippen molar-refractivity contribution in [3.8, 4) is 22.5 Å². The molecule has 4 heterocycles. The lowest BCUT2D eigenvalue weighted by atomic mass is 9.97. The van der Waals surface area contributed by atoms with E-state index in [0.29, 0.717) is 5.84 Å². The Kier molecular flexibility index (Phi) is 7.87. The number of nitrogens with zero attached hydrogens (tertiary/aromatic N) is 4. The number of fused-ring (bicyclic) bond motifs is 10. The van der Waals surface area contributed by atoms with E-state index in [0.717, 1.165) is 89.0 Å². The summed E-state index contributed by atoms with van der Waals surface area (Å²) in [5.41, 5.74) is 13.2. The Labute approximate surface area is 362 Å². The molecule has 0 aliphatic carbocycles. The molecule has 1 aliphatic heterocycles. The van der Waals surface area contributed by atoms with E-state index in [-0.39, 0.29) is 6.17 Å². The van der Waals surface area contributed by atoms with Gasteiger partial charge in [0.25, 0.3) is 0 Å². The molecule has 0 spiro atoms. The first-order chi connectivity index (χ1) is 31.3. The van der Waals surface area contributed by atoms with Crippen LogP contribution in [0.15, 0.2) is 227 Å². The fourth-order valence-electron chi connectivity index (χ4n) is 9.81. The van der Waals surface area contributed by atoms with Gasteiger partial charge in [-0.2, -0.15) is 0 Å². The van der Waals surface area contributed by atoms with Gasteiger partial charge >= 0.3 is 0 Å². The minimum Gasteiger partial charge on any atom is -0.453 e. The summed E-state index contributed by atoms with van der Waals surface area (Å²) < 4.78 is 12.2. The van der Waals surface area contributed by atoms with Gasteiger partial charge in [0.1, 0.15) is 17.6 Å². The van der Waals surface area contributed by atoms with Crippen LogP contribution in [0.2, 0.25) is 0 Å². The Hall–Kier alpha value is -8.48. The number of para-hydroxylation sites is 4. The van der Waals surface area contributed by atoms with E-state index >= 15 is 0 Å². The van der Waals surface area contributed by atoms with Crippen molar-refractivity contribution in [2.45, 2.75) is 6.17 Å². The van der Waals surface area contributed by atoms with E-state index in [1.165, 1.54) is 21.5 Å². The summed E-state index contributed by atoms with van der Waals surface area (Å²) in [5, 5.41) is 10.4. The summed E-state index contributed by atoms with van der Waals surface area (Å²) in [4.78, 5) is 10.6. The van der Waals surface area contributed by atoms with Gasteiger partial charge in [0.05, 0.1) is 27.8 Å². The fraction of sp³-hybridized carbons (Fsp3) is 0.0175. The van der Waals surface area contributed by atoms with Gasteiger partial charge in [-0.3, -0.25) is 0 Å². The van der Waals surface area contributed by atoms with Crippen LogP contribution >= 0.6 is 0 Å². The van der Waals surface area contributed by atoms with Crippen molar-refractivity contribution >= 4 is 77.2 Å². The Morgan fingerprint density at radius 3 is 1.68 bits per heavy atom. The van der Waals surface area contributed by atoms with Crippen LogP contribution in [0.4, 0.5) is 0 Å². The van der Waals surface area contributed by atoms with Crippen LogP contribution in [0, 0.1) is 0 Å². The van der Waals surface area contributed by atoms with Gasteiger partial charge in [-0.15, -0.1) is 0 Å². The van der Waals surface area contributed by atoms with Gasteiger partial charge in [-0.05, 0) is 53.6 Å². The number of nitrogens with one attached hydrogen (secondary N) is 1. The number of hydrogen-bond donors (Lipinski definition) is 1. The molecule has 0 saturated carbocycles. The Morgan fingerprint density at radius 1 is 0.429 bits per heavy atom. The zero-order valence-corrected chi connectivity index (χ0v) is 34.0. The lowest BCUT2D eigenvalue weighted by Crippen LogP contribution is -2.33. The van der Waals surface area contributed by atoms with E-state index in [9.17, 15) is 0 Å². The van der Waals surface area contributed by atoms with E-state index in [4.69, 9.17) is 14.4 Å². The van der Waals surface area contributed by atoms with Crippen LogP contribution in [0.5, 0.6) is 0 Å². The van der Waals surface area contributed by atoms with Crippen LogP contribution in [-0.4, -0.2) is 20.8 Å². The number of furan rings is 1. The van der Waals surface area contributed by atoms with Crippen molar-refractivity contribution < 1.29 is 4.42 Å². The zero-order chi connectivity index (χ0) is 41.4. The first kappa shape index (κ1) is 35.3. The monoisotopic (exact) mass is 807 g/mol. The highest BCUT2D eigenvalue weighted by molar-refractivity contribution is 6.26. The fourth-order valence-corrected chi connectivity index (χ4v) is 9.81. The molecule has 0 radical (unpaired) electrons. The number of amidine groups is 2. The number of aliphatic imine (C=N–C) groups is 2. The van der Waals surface area contributed by atoms with Crippen molar-refractivity contribution in [3.63, 3.8) is 0 Å². The smallest absolute Gasteiger partial charge is 0.160 e. The molecule has 0 saturated heterocycles. The number of aromatic nitrogens is 2. The van der Waals surface area contributed by atoms with Gasteiger partial charge in [0.2, 0.25) is 0 Å². The number of rotatable bonds is 6. The summed E-state index contributed by atoms with van der Waals surface area (Å²) >= 11 is 0. The third-order valence-electron chi connectivity index (χ3n) is 12.6. The molecule has 6 heteroatoms. The molecule has 12 aromatic rings. The Balaban J connectivity index is 1.14. The molecule has 0 bridgehead atoms. The van der Waals surface area contributed by atoms with Gasteiger partial charge in [-0.25, -0.2) is 9.98 Å². The van der Waals surface area contributed by atoms with E-state index < -0.39 is 0 Å². The number of hydrogen-bond acceptors (Lipinski definition) is 4. The second-order valence-electron chi connectivity index (χ2n) is 16.1. The minimum atomic E-state index is -0.345. The SMILES string of the molecule is c1ccc(C2=NC(c3ccc(-c4ccccc4)c4oc5c(-n6c7ccccc7c7ccc8c9ccccc9n(-c9ccccc9)c8c76)cccc5c34)=NC(c3ccccc3)N2)cc1. The highest BCUT2D eigenvalue weighted by Crippen LogP contribution is 2.45. The van der Waals surface area contributed by atoms with E-state index in [1.54, 1.807) is 0 Å². The van der Waals surface area contributed by atoms with Crippen molar-refractivity contribution in [2.75, 3.05) is 0 Å².